The van der Waals surface area contributed by atoms with Crippen LogP contribution in [0.1, 0.15) is 22.8 Å². The molecule has 1 N–H and O–H groups in total. The molecule has 2 rings (SSSR count). The highest BCUT2D eigenvalue weighted by Gasteiger charge is 2.12. The molecule has 0 heterocycles. The van der Waals surface area contributed by atoms with Crippen LogP contribution in [-0.2, 0) is 6.42 Å². The van der Waals surface area contributed by atoms with E-state index in [0.29, 0.717) is 6.42 Å². The van der Waals surface area contributed by atoms with Crippen LogP contribution in [0.25, 0.3) is 0 Å². The summed E-state index contributed by atoms with van der Waals surface area (Å²) in [6.07, 6.45) is -0.118. The van der Waals surface area contributed by atoms with Gasteiger partial charge in [-0.15, -0.1) is 0 Å². The van der Waals surface area contributed by atoms with Gasteiger partial charge in [0.15, 0.2) is 0 Å². The van der Waals surface area contributed by atoms with E-state index in [0.717, 1.165) is 21.2 Å². The van der Waals surface area contributed by atoms with E-state index >= 15 is 0 Å². The molecule has 0 fully saturated rings. The van der Waals surface area contributed by atoms with Crippen molar-refractivity contribution >= 4 is 15.9 Å². The van der Waals surface area contributed by atoms with E-state index in [9.17, 15) is 9.50 Å². The summed E-state index contributed by atoms with van der Waals surface area (Å²) in [5.74, 6) is -0.259. The molecule has 2 aromatic carbocycles. The third kappa shape index (κ3) is 3.18. The summed E-state index contributed by atoms with van der Waals surface area (Å²) < 4.78 is 13.7. The first-order valence-corrected chi connectivity index (χ1v) is 6.54. The summed E-state index contributed by atoms with van der Waals surface area (Å²) in [7, 11) is 0. The predicted octanol–water partition coefficient (Wildman–Crippen LogP) is 4.17. The Morgan fingerprint density at radius 1 is 1.17 bits per heavy atom. The van der Waals surface area contributed by atoms with Crippen LogP contribution in [0.4, 0.5) is 4.39 Å². The van der Waals surface area contributed by atoms with Gasteiger partial charge in [0.25, 0.3) is 0 Å². The molecule has 94 valence electrons. The average molecular weight is 309 g/mol. The molecule has 0 aliphatic carbocycles. The van der Waals surface area contributed by atoms with E-state index in [-0.39, 0.29) is 5.82 Å². The summed E-state index contributed by atoms with van der Waals surface area (Å²) in [4.78, 5) is 0. The fourth-order valence-electron chi connectivity index (χ4n) is 1.87. The van der Waals surface area contributed by atoms with Gasteiger partial charge in [-0.2, -0.15) is 0 Å². The van der Waals surface area contributed by atoms with Gasteiger partial charge >= 0.3 is 0 Å². The van der Waals surface area contributed by atoms with Crippen molar-refractivity contribution in [2.75, 3.05) is 0 Å². The smallest absolute Gasteiger partial charge is 0.123 e. The summed E-state index contributed by atoms with van der Waals surface area (Å²) in [5, 5.41) is 10.2. The maximum absolute atomic E-state index is 12.8. The highest BCUT2D eigenvalue weighted by Crippen LogP contribution is 2.27. The van der Waals surface area contributed by atoms with Crippen molar-refractivity contribution in [2.24, 2.45) is 0 Å². The normalized spacial score (nSPS) is 12.4. The molecule has 0 saturated carbocycles. The molecule has 0 bridgehead atoms. The topological polar surface area (TPSA) is 20.2 Å². The molecule has 0 aliphatic rings. The van der Waals surface area contributed by atoms with Crippen molar-refractivity contribution in [3.05, 3.63) is 69.4 Å². The van der Waals surface area contributed by atoms with Crippen molar-refractivity contribution in [2.45, 2.75) is 19.4 Å². The Bertz CT molecular complexity index is 537. The second-order valence-electron chi connectivity index (χ2n) is 4.37. The third-order valence-corrected chi connectivity index (χ3v) is 3.57. The number of aliphatic hydroxyl groups excluding tert-OH is 1. The zero-order valence-electron chi connectivity index (χ0n) is 10.0. The summed E-state index contributed by atoms with van der Waals surface area (Å²) in [6, 6.07) is 12.1. The van der Waals surface area contributed by atoms with Gasteiger partial charge in [0, 0.05) is 10.9 Å². The van der Waals surface area contributed by atoms with Crippen LogP contribution >= 0.6 is 15.9 Å². The van der Waals surface area contributed by atoms with Crippen LogP contribution in [0.2, 0.25) is 0 Å². The second kappa shape index (κ2) is 5.63. The maximum Gasteiger partial charge on any atom is 0.123 e. The van der Waals surface area contributed by atoms with Crippen molar-refractivity contribution in [1.29, 1.82) is 0 Å². The minimum Gasteiger partial charge on any atom is -0.388 e. The molecule has 1 nitrogen and oxygen atoms in total. The number of benzene rings is 2. The van der Waals surface area contributed by atoms with Gasteiger partial charge in [0.1, 0.15) is 5.82 Å². The Morgan fingerprint density at radius 2 is 1.83 bits per heavy atom. The average Bonchev–Trinajstić information content (AvgIpc) is 2.35. The Labute approximate surface area is 114 Å². The molecule has 0 saturated heterocycles. The van der Waals surface area contributed by atoms with Crippen LogP contribution in [0.5, 0.6) is 0 Å². The lowest BCUT2D eigenvalue weighted by Crippen LogP contribution is -2.03. The minimum atomic E-state index is -0.593. The van der Waals surface area contributed by atoms with E-state index in [4.69, 9.17) is 0 Å². The first kappa shape index (κ1) is 13.2. The Balaban J connectivity index is 2.18. The van der Waals surface area contributed by atoms with Gasteiger partial charge in [-0.3, -0.25) is 0 Å². The highest BCUT2D eigenvalue weighted by molar-refractivity contribution is 9.10. The first-order valence-electron chi connectivity index (χ1n) is 5.75. The number of hydrogen-bond donors (Lipinski definition) is 1. The molecule has 0 radical (unpaired) electrons. The number of aliphatic hydroxyl groups is 1. The summed E-state index contributed by atoms with van der Waals surface area (Å²) in [5.41, 5.74) is 2.88. The Hall–Kier alpha value is -1.19. The lowest BCUT2D eigenvalue weighted by Gasteiger charge is -2.13. The maximum atomic E-state index is 12.8. The van der Waals surface area contributed by atoms with E-state index in [1.165, 1.54) is 12.1 Å². The molecule has 2 aromatic rings. The molecule has 1 atom stereocenters. The molecular weight excluding hydrogens is 295 g/mol. The van der Waals surface area contributed by atoms with Crippen molar-refractivity contribution in [3.63, 3.8) is 0 Å². The molecular formula is C15H14BrFO. The van der Waals surface area contributed by atoms with E-state index in [2.05, 4.69) is 15.9 Å². The number of aryl methyl sites for hydroxylation is 1. The van der Waals surface area contributed by atoms with E-state index < -0.39 is 6.10 Å². The quantitative estimate of drug-likeness (QED) is 0.902. The summed E-state index contributed by atoms with van der Waals surface area (Å²) in [6.45, 7) is 1.99. The van der Waals surface area contributed by atoms with Gasteiger partial charge in [-0.05, 0) is 36.2 Å². The number of halogens is 2. The van der Waals surface area contributed by atoms with E-state index in [1.807, 2.05) is 25.1 Å². The highest BCUT2D eigenvalue weighted by atomic mass is 79.9. The van der Waals surface area contributed by atoms with Crippen LogP contribution in [0.3, 0.4) is 0 Å². The molecule has 18 heavy (non-hydrogen) atoms. The molecule has 0 aliphatic heterocycles. The van der Waals surface area contributed by atoms with Crippen LogP contribution < -0.4 is 0 Å². The van der Waals surface area contributed by atoms with E-state index in [1.54, 1.807) is 12.1 Å². The van der Waals surface area contributed by atoms with Gasteiger partial charge in [-0.1, -0.05) is 45.8 Å². The van der Waals surface area contributed by atoms with Gasteiger partial charge in [0.05, 0.1) is 6.10 Å². The molecule has 0 amide bonds. The number of hydrogen-bond acceptors (Lipinski definition) is 1. The van der Waals surface area contributed by atoms with Crippen LogP contribution in [0.15, 0.2) is 46.9 Å². The number of rotatable bonds is 3. The lowest BCUT2D eigenvalue weighted by molar-refractivity contribution is 0.177. The van der Waals surface area contributed by atoms with Crippen molar-refractivity contribution in [3.8, 4) is 0 Å². The van der Waals surface area contributed by atoms with Crippen LogP contribution in [-0.4, -0.2) is 5.11 Å². The second-order valence-corrected chi connectivity index (χ2v) is 5.23. The molecule has 0 aromatic heterocycles. The van der Waals surface area contributed by atoms with Crippen molar-refractivity contribution in [1.82, 2.24) is 0 Å². The fourth-order valence-corrected chi connectivity index (χ4v) is 2.38. The molecule has 3 heteroatoms. The largest absolute Gasteiger partial charge is 0.388 e. The van der Waals surface area contributed by atoms with Crippen LogP contribution in [0, 0.1) is 12.7 Å². The van der Waals surface area contributed by atoms with Gasteiger partial charge in [0.2, 0.25) is 0 Å². The fraction of sp³-hybridized carbons (Fsp3) is 0.200. The SMILES string of the molecule is Cc1ccc(Br)c(C(O)Cc2ccc(F)cc2)c1. The standard InChI is InChI=1S/C15H14BrFO/c1-10-2-7-14(16)13(8-10)15(18)9-11-3-5-12(17)6-4-11/h2-8,15,18H,9H2,1H3. The minimum absolute atomic E-state index is 0.259. The monoisotopic (exact) mass is 308 g/mol. The molecule has 0 spiro atoms. The lowest BCUT2D eigenvalue weighted by atomic mass is 10.00. The summed E-state index contributed by atoms with van der Waals surface area (Å²) >= 11 is 3.44. The third-order valence-electron chi connectivity index (χ3n) is 2.85. The Morgan fingerprint density at radius 3 is 2.50 bits per heavy atom. The predicted molar refractivity (Wildman–Crippen MR) is 73.9 cm³/mol. The zero-order chi connectivity index (χ0) is 13.1. The van der Waals surface area contributed by atoms with Crippen molar-refractivity contribution < 1.29 is 9.50 Å². The first-order chi connectivity index (χ1) is 8.56. The van der Waals surface area contributed by atoms with Gasteiger partial charge < -0.3 is 5.11 Å². The Kier molecular flexibility index (Phi) is 4.15. The zero-order valence-corrected chi connectivity index (χ0v) is 11.6. The molecule has 1 unspecified atom stereocenters. The van der Waals surface area contributed by atoms with Gasteiger partial charge in [-0.25, -0.2) is 4.39 Å².